The van der Waals surface area contributed by atoms with E-state index < -0.39 is 5.82 Å². The third kappa shape index (κ3) is 3.83. The Bertz CT molecular complexity index is 423. The minimum Gasteiger partial charge on any atom is -0.322 e. The van der Waals surface area contributed by atoms with Crippen LogP contribution in [0.2, 0.25) is 5.02 Å². The summed E-state index contributed by atoms with van der Waals surface area (Å²) < 4.78 is 13.5. The Kier molecular flexibility index (Phi) is 5.85. The van der Waals surface area contributed by atoms with E-state index in [2.05, 4.69) is 10.6 Å². The molecule has 0 aromatic heterocycles. The van der Waals surface area contributed by atoms with Crippen molar-refractivity contribution in [2.45, 2.75) is 25.3 Å². The summed E-state index contributed by atoms with van der Waals surface area (Å²) in [5.74, 6) is -0.701. The first-order valence-electron chi connectivity index (χ1n) is 5.66. The Balaban J connectivity index is 0.00000162. The van der Waals surface area contributed by atoms with Gasteiger partial charge < -0.3 is 10.6 Å². The summed E-state index contributed by atoms with van der Waals surface area (Å²) in [7, 11) is 0. The second-order valence-corrected chi connectivity index (χ2v) is 4.55. The van der Waals surface area contributed by atoms with Crippen LogP contribution in [0.25, 0.3) is 0 Å². The minimum absolute atomic E-state index is 0. The van der Waals surface area contributed by atoms with Crippen molar-refractivity contribution in [3.63, 3.8) is 0 Å². The van der Waals surface area contributed by atoms with Gasteiger partial charge in [-0.05, 0) is 37.6 Å². The Morgan fingerprint density at radius 1 is 1.44 bits per heavy atom. The fraction of sp³-hybridized carbons (Fsp3) is 0.417. The van der Waals surface area contributed by atoms with Crippen molar-refractivity contribution in [1.29, 1.82) is 0 Å². The van der Waals surface area contributed by atoms with Gasteiger partial charge >= 0.3 is 0 Å². The summed E-state index contributed by atoms with van der Waals surface area (Å²) in [4.78, 5) is 11.8. The van der Waals surface area contributed by atoms with Gasteiger partial charge in [0.25, 0.3) is 0 Å². The van der Waals surface area contributed by atoms with Crippen molar-refractivity contribution in [3.05, 3.63) is 29.0 Å². The molecule has 1 aromatic carbocycles. The Morgan fingerprint density at radius 2 is 2.22 bits per heavy atom. The molecular formula is C12H15Cl2FN2O. The number of hydrogen-bond acceptors (Lipinski definition) is 2. The van der Waals surface area contributed by atoms with E-state index in [0.29, 0.717) is 5.02 Å². The highest BCUT2D eigenvalue weighted by Gasteiger charge is 2.21. The molecule has 1 fully saturated rings. The van der Waals surface area contributed by atoms with E-state index in [0.717, 1.165) is 25.8 Å². The molecule has 1 aliphatic heterocycles. The lowest BCUT2D eigenvalue weighted by atomic mass is 10.0. The average molecular weight is 293 g/mol. The third-order valence-electron chi connectivity index (χ3n) is 2.82. The summed E-state index contributed by atoms with van der Waals surface area (Å²) in [5, 5.41) is 6.00. The molecule has 0 radical (unpaired) electrons. The molecule has 2 rings (SSSR count). The fourth-order valence-corrected chi connectivity index (χ4v) is 2.05. The number of carbonyl (C=O) groups excluding carboxylic acids is 1. The molecule has 0 aliphatic carbocycles. The van der Waals surface area contributed by atoms with E-state index in [9.17, 15) is 9.18 Å². The van der Waals surface area contributed by atoms with Gasteiger partial charge in [-0.3, -0.25) is 4.79 Å². The van der Waals surface area contributed by atoms with Crippen LogP contribution in [0.1, 0.15) is 19.3 Å². The number of benzene rings is 1. The number of carbonyl (C=O) groups is 1. The number of anilines is 1. The van der Waals surface area contributed by atoms with E-state index in [1.165, 1.54) is 12.1 Å². The van der Waals surface area contributed by atoms with E-state index >= 15 is 0 Å². The molecule has 0 saturated carbocycles. The predicted octanol–water partition coefficient (Wildman–Crippen LogP) is 2.98. The number of rotatable bonds is 2. The molecule has 1 aromatic rings. The van der Waals surface area contributed by atoms with Gasteiger partial charge in [-0.15, -0.1) is 12.4 Å². The third-order valence-corrected chi connectivity index (χ3v) is 3.05. The van der Waals surface area contributed by atoms with Gasteiger partial charge in [0.15, 0.2) is 0 Å². The van der Waals surface area contributed by atoms with Gasteiger partial charge in [0.05, 0.1) is 11.7 Å². The van der Waals surface area contributed by atoms with Gasteiger partial charge in [-0.2, -0.15) is 0 Å². The maximum absolute atomic E-state index is 13.5. The van der Waals surface area contributed by atoms with Crippen molar-refractivity contribution in [2.24, 2.45) is 0 Å². The molecule has 1 aliphatic rings. The molecule has 1 heterocycles. The second-order valence-electron chi connectivity index (χ2n) is 4.12. The Morgan fingerprint density at radius 3 is 2.83 bits per heavy atom. The van der Waals surface area contributed by atoms with Crippen molar-refractivity contribution >= 4 is 35.6 Å². The van der Waals surface area contributed by atoms with Crippen molar-refractivity contribution in [1.82, 2.24) is 5.32 Å². The summed E-state index contributed by atoms with van der Waals surface area (Å²) in [6.45, 7) is 0.835. The van der Waals surface area contributed by atoms with Crippen molar-refractivity contribution in [3.8, 4) is 0 Å². The molecule has 1 atom stereocenters. The minimum atomic E-state index is -0.512. The van der Waals surface area contributed by atoms with Crippen LogP contribution in [-0.4, -0.2) is 18.5 Å². The number of nitrogens with one attached hydrogen (secondary N) is 2. The number of piperidine rings is 1. The maximum atomic E-state index is 13.5. The van der Waals surface area contributed by atoms with Crippen molar-refractivity contribution < 1.29 is 9.18 Å². The zero-order valence-electron chi connectivity index (χ0n) is 9.71. The van der Waals surface area contributed by atoms with Gasteiger partial charge in [-0.25, -0.2) is 4.39 Å². The van der Waals surface area contributed by atoms with Crippen LogP contribution < -0.4 is 10.6 Å². The van der Waals surface area contributed by atoms with Crippen LogP contribution >= 0.6 is 24.0 Å². The summed E-state index contributed by atoms with van der Waals surface area (Å²) >= 11 is 5.64. The van der Waals surface area contributed by atoms with Crippen molar-refractivity contribution in [2.75, 3.05) is 11.9 Å². The van der Waals surface area contributed by atoms with E-state index in [1.807, 2.05) is 0 Å². The van der Waals surface area contributed by atoms with Crippen LogP contribution in [0.3, 0.4) is 0 Å². The fourth-order valence-electron chi connectivity index (χ4n) is 1.89. The Hall–Kier alpha value is -0.840. The van der Waals surface area contributed by atoms with Crippen LogP contribution in [0.4, 0.5) is 10.1 Å². The average Bonchev–Trinajstić information content (AvgIpc) is 2.34. The molecule has 3 nitrogen and oxygen atoms in total. The molecule has 1 amide bonds. The number of halogens is 3. The van der Waals surface area contributed by atoms with E-state index in [-0.39, 0.29) is 30.0 Å². The van der Waals surface area contributed by atoms with Gasteiger partial charge in [0, 0.05) is 5.02 Å². The molecule has 0 unspecified atom stereocenters. The summed E-state index contributed by atoms with van der Waals surface area (Å²) in [5.41, 5.74) is 0.173. The van der Waals surface area contributed by atoms with E-state index in [1.54, 1.807) is 6.07 Å². The first-order chi connectivity index (χ1) is 8.16. The van der Waals surface area contributed by atoms with Crippen LogP contribution in [0.15, 0.2) is 18.2 Å². The predicted molar refractivity (Wildman–Crippen MR) is 72.9 cm³/mol. The van der Waals surface area contributed by atoms with Gasteiger partial charge in [-0.1, -0.05) is 18.0 Å². The lowest BCUT2D eigenvalue weighted by Crippen LogP contribution is -2.43. The highest BCUT2D eigenvalue weighted by molar-refractivity contribution is 6.30. The maximum Gasteiger partial charge on any atom is 0.241 e. The van der Waals surface area contributed by atoms with E-state index in [4.69, 9.17) is 11.6 Å². The standard InChI is InChI=1S/C12H14ClFN2O.ClH/c13-8-4-5-10(9(14)7-8)16-12(17)11-3-1-2-6-15-11;/h4-5,7,11,15H,1-3,6H2,(H,16,17);1H/t11-;/m0./s1. The van der Waals surface area contributed by atoms with Crippen LogP contribution in [0.5, 0.6) is 0 Å². The SMILES string of the molecule is Cl.O=C(Nc1ccc(Cl)cc1F)[C@@H]1CCCCN1. The quantitative estimate of drug-likeness (QED) is 0.880. The topological polar surface area (TPSA) is 41.1 Å². The highest BCUT2D eigenvalue weighted by atomic mass is 35.5. The lowest BCUT2D eigenvalue weighted by molar-refractivity contribution is -0.118. The first-order valence-corrected chi connectivity index (χ1v) is 6.04. The summed E-state index contributed by atoms with van der Waals surface area (Å²) in [6, 6.07) is 3.98. The number of hydrogen-bond donors (Lipinski definition) is 2. The lowest BCUT2D eigenvalue weighted by Gasteiger charge is -2.22. The first kappa shape index (κ1) is 15.2. The normalized spacial score (nSPS) is 18.9. The van der Waals surface area contributed by atoms with Crippen LogP contribution in [-0.2, 0) is 4.79 Å². The molecule has 6 heteroatoms. The smallest absolute Gasteiger partial charge is 0.241 e. The second kappa shape index (κ2) is 6.92. The number of amides is 1. The van der Waals surface area contributed by atoms with Gasteiger partial charge in [0.2, 0.25) is 5.91 Å². The molecule has 100 valence electrons. The molecule has 0 spiro atoms. The van der Waals surface area contributed by atoms with Crippen LogP contribution in [0, 0.1) is 5.82 Å². The zero-order chi connectivity index (χ0) is 12.3. The zero-order valence-corrected chi connectivity index (χ0v) is 11.3. The van der Waals surface area contributed by atoms with Gasteiger partial charge in [0.1, 0.15) is 5.82 Å². The largest absolute Gasteiger partial charge is 0.322 e. The highest BCUT2D eigenvalue weighted by Crippen LogP contribution is 2.19. The molecule has 1 saturated heterocycles. The Labute approximate surface area is 116 Å². The molecular weight excluding hydrogens is 278 g/mol. The molecule has 0 bridgehead atoms. The monoisotopic (exact) mass is 292 g/mol. The summed E-state index contributed by atoms with van der Waals surface area (Å²) in [6.07, 6.45) is 2.90. The molecule has 18 heavy (non-hydrogen) atoms. The molecule has 2 N–H and O–H groups in total.